The summed E-state index contributed by atoms with van der Waals surface area (Å²) in [7, 11) is 3.75. The van der Waals surface area contributed by atoms with Crippen LogP contribution in [0.15, 0.2) is 6.20 Å². The maximum atomic E-state index is 11.2. The number of hydrogen-bond donors (Lipinski definition) is 0. The SMILES string of the molecule is CCc1nc(N(C)C)ncc1C(C)=O. The number of anilines is 1. The van der Waals surface area contributed by atoms with Crippen molar-refractivity contribution in [2.45, 2.75) is 20.3 Å². The van der Waals surface area contributed by atoms with Crippen molar-refractivity contribution in [1.82, 2.24) is 9.97 Å². The predicted molar refractivity (Wildman–Crippen MR) is 55.7 cm³/mol. The molecule has 14 heavy (non-hydrogen) atoms. The molecule has 0 fully saturated rings. The maximum Gasteiger partial charge on any atom is 0.225 e. The molecular weight excluding hydrogens is 178 g/mol. The molecule has 0 spiro atoms. The minimum atomic E-state index is 0.0205. The molecular formula is C10H15N3O. The summed E-state index contributed by atoms with van der Waals surface area (Å²) in [6.45, 7) is 3.52. The second-order valence-corrected chi connectivity index (χ2v) is 3.33. The molecule has 0 atom stereocenters. The lowest BCUT2D eigenvalue weighted by Crippen LogP contribution is -2.15. The maximum absolute atomic E-state index is 11.2. The number of carbonyl (C=O) groups is 1. The first-order valence-corrected chi connectivity index (χ1v) is 4.60. The molecule has 0 aliphatic heterocycles. The van der Waals surface area contributed by atoms with Crippen LogP contribution in [-0.4, -0.2) is 29.8 Å². The van der Waals surface area contributed by atoms with E-state index in [4.69, 9.17) is 0 Å². The van der Waals surface area contributed by atoms with Crippen LogP contribution in [0, 0.1) is 0 Å². The number of nitrogens with zero attached hydrogens (tertiary/aromatic N) is 3. The van der Waals surface area contributed by atoms with Gasteiger partial charge in [0.15, 0.2) is 5.78 Å². The number of ketones is 1. The summed E-state index contributed by atoms with van der Waals surface area (Å²) in [6.07, 6.45) is 2.35. The molecule has 76 valence electrons. The van der Waals surface area contributed by atoms with E-state index in [2.05, 4.69) is 9.97 Å². The third-order valence-corrected chi connectivity index (χ3v) is 1.97. The Bertz CT molecular complexity index is 347. The fourth-order valence-corrected chi connectivity index (χ4v) is 1.19. The van der Waals surface area contributed by atoms with Gasteiger partial charge in [0.25, 0.3) is 0 Å². The Morgan fingerprint density at radius 3 is 2.57 bits per heavy atom. The summed E-state index contributed by atoms with van der Waals surface area (Å²) in [4.78, 5) is 21.4. The van der Waals surface area contributed by atoms with Gasteiger partial charge in [-0.15, -0.1) is 0 Å². The number of rotatable bonds is 3. The van der Waals surface area contributed by atoms with Crippen LogP contribution in [0.3, 0.4) is 0 Å². The van der Waals surface area contributed by atoms with Crippen molar-refractivity contribution >= 4 is 11.7 Å². The van der Waals surface area contributed by atoms with Crippen molar-refractivity contribution < 1.29 is 4.79 Å². The second kappa shape index (κ2) is 4.17. The number of Topliss-reactive ketones (excluding diaryl/α,β-unsaturated/α-hetero) is 1. The first-order chi connectivity index (χ1) is 6.56. The largest absolute Gasteiger partial charge is 0.347 e. The normalized spacial score (nSPS) is 10.0. The highest BCUT2D eigenvalue weighted by atomic mass is 16.1. The second-order valence-electron chi connectivity index (χ2n) is 3.33. The third kappa shape index (κ3) is 2.07. The van der Waals surface area contributed by atoms with Crippen LogP contribution in [0.1, 0.15) is 29.9 Å². The molecule has 4 heteroatoms. The summed E-state index contributed by atoms with van der Waals surface area (Å²) in [5, 5.41) is 0. The van der Waals surface area contributed by atoms with E-state index in [1.807, 2.05) is 25.9 Å². The van der Waals surface area contributed by atoms with Crippen molar-refractivity contribution in [3.05, 3.63) is 17.5 Å². The highest BCUT2D eigenvalue weighted by molar-refractivity contribution is 5.94. The van der Waals surface area contributed by atoms with Crippen LogP contribution in [0.2, 0.25) is 0 Å². The molecule has 1 aromatic heterocycles. The minimum Gasteiger partial charge on any atom is -0.347 e. The average molecular weight is 193 g/mol. The summed E-state index contributed by atoms with van der Waals surface area (Å²) in [6, 6.07) is 0. The van der Waals surface area contributed by atoms with Crippen molar-refractivity contribution in [2.24, 2.45) is 0 Å². The van der Waals surface area contributed by atoms with Gasteiger partial charge in [0, 0.05) is 20.3 Å². The molecule has 4 nitrogen and oxygen atoms in total. The van der Waals surface area contributed by atoms with Gasteiger partial charge in [-0.2, -0.15) is 0 Å². The molecule has 0 unspecified atom stereocenters. The van der Waals surface area contributed by atoms with E-state index in [-0.39, 0.29) is 5.78 Å². The van der Waals surface area contributed by atoms with Gasteiger partial charge in [-0.25, -0.2) is 9.97 Å². The van der Waals surface area contributed by atoms with Gasteiger partial charge in [0.1, 0.15) is 0 Å². The summed E-state index contributed by atoms with van der Waals surface area (Å²) >= 11 is 0. The number of carbonyl (C=O) groups excluding carboxylic acids is 1. The van der Waals surface area contributed by atoms with E-state index in [0.29, 0.717) is 11.5 Å². The highest BCUT2D eigenvalue weighted by Gasteiger charge is 2.09. The first kappa shape index (κ1) is 10.6. The third-order valence-electron chi connectivity index (χ3n) is 1.97. The predicted octanol–water partition coefficient (Wildman–Crippen LogP) is 1.31. The van der Waals surface area contributed by atoms with E-state index < -0.39 is 0 Å². The van der Waals surface area contributed by atoms with Crippen LogP contribution >= 0.6 is 0 Å². The molecule has 1 rings (SSSR count). The van der Waals surface area contributed by atoms with Gasteiger partial charge in [-0.3, -0.25) is 4.79 Å². The van der Waals surface area contributed by atoms with Gasteiger partial charge in [-0.05, 0) is 13.3 Å². The molecule has 1 heterocycles. The smallest absolute Gasteiger partial charge is 0.225 e. The minimum absolute atomic E-state index is 0.0205. The Morgan fingerprint density at radius 1 is 1.50 bits per heavy atom. The lowest BCUT2D eigenvalue weighted by molar-refractivity contribution is 0.101. The monoisotopic (exact) mass is 193 g/mol. The fourth-order valence-electron chi connectivity index (χ4n) is 1.19. The summed E-state index contributed by atoms with van der Waals surface area (Å²) in [5.74, 6) is 0.666. The van der Waals surface area contributed by atoms with E-state index in [9.17, 15) is 4.79 Å². The van der Waals surface area contributed by atoms with E-state index in [1.54, 1.807) is 6.20 Å². The Labute approximate surface area is 84.0 Å². The Kier molecular flexibility index (Phi) is 3.17. The standard InChI is InChI=1S/C10H15N3O/c1-5-9-8(7(2)14)6-11-10(12-9)13(3)4/h6H,5H2,1-4H3. The van der Waals surface area contributed by atoms with Crippen LogP contribution < -0.4 is 4.90 Å². The number of aryl methyl sites for hydroxylation is 1. The zero-order valence-corrected chi connectivity index (χ0v) is 9.03. The van der Waals surface area contributed by atoms with Crippen LogP contribution in [-0.2, 0) is 6.42 Å². The summed E-state index contributed by atoms with van der Waals surface area (Å²) in [5.41, 5.74) is 1.44. The highest BCUT2D eigenvalue weighted by Crippen LogP contribution is 2.11. The number of aromatic nitrogens is 2. The Balaban J connectivity index is 3.18. The van der Waals surface area contributed by atoms with Gasteiger partial charge < -0.3 is 4.90 Å². The fraction of sp³-hybridized carbons (Fsp3) is 0.500. The Morgan fingerprint density at radius 2 is 2.14 bits per heavy atom. The first-order valence-electron chi connectivity index (χ1n) is 4.60. The van der Waals surface area contributed by atoms with Gasteiger partial charge in [0.2, 0.25) is 5.95 Å². The van der Waals surface area contributed by atoms with Crippen molar-refractivity contribution in [1.29, 1.82) is 0 Å². The van der Waals surface area contributed by atoms with Crippen molar-refractivity contribution in [3.63, 3.8) is 0 Å². The zero-order valence-electron chi connectivity index (χ0n) is 9.03. The molecule has 0 aromatic carbocycles. The van der Waals surface area contributed by atoms with Crippen LogP contribution in [0.25, 0.3) is 0 Å². The molecule has 0 amide bonds. The lowest BCUT2D eigenvalue weighted by atomic mass is 10.1. The lowest BCUT2D eigenvalue weighted by Gasteiger charge is -2.12. The van der Waals surface area contributed by atoms with Gasteiger partial charge >= 0.3 is 0 Å². The topological polar surface area (TPSA) is 46.1 Å². The zero-order chi connectivity index (χ0) is 10.7. The molecule has 1 aromatic rings. The van der Waals surface area contributed by atoms with E-state index in [0.717, 1.165) is 12.1 Å². The van der Waals surface area contributed by atoms with Gasteiger partial charge in [0.05, 0.1) is 11.3 Å². The number of hydrogen-bond acceptors (Lipinski definition) is 4. The van der Waals surface area contributed by atoms with E-state index in [1.165, 1.54) is 6.92 Å². The molecule has 0 aliphatic carbocycles. The molecule has 0 saturated heterocycles. The Hall–Kier alpha value is -1.45. The van der Waals surface area contributed by atoms with Gasteiger partial charge in [-0.1, -0.05) is 6.92 Å². The molecule has 0 bridgehead atoms. The van der Waals surface area contributed by atoms with Crippen LogP contribution in [0.4, 0.5) is 5.95 Å². The molecule has 0 radical (unpaired) electrons. The molecule has 0 aliphatic rings. The molecule has 0 saturated carbocycles. The average Bonchev–Trinajstić information content (AvgIpc) is 2.16. The van der Waals surface area contributed by atoms with E-state index >= 15 is 0 Å². The van der Waals surface area contributed by atoms with Crippen molar-refractivity contribution in [2.75, 3.05) is 19.0 Å². The summed E-state index contributed by atoms with van der Waals surface area (Å²) < 4.78 is 0. The molecule has 0 N–H and O–H groups in total. The van der Waals surface area contributed by atoms with Crippen molar-refractivity contribution in [3.8, 4) is 0 Å². The van der Waals surface area contributed by atoms with Crippen LogP contribution in [0.5, 0.6) is 0 Å². The quantitative estimate of drug-likeness (QED) is 0.679.